The maximum Gasteiger partial charge on any atom is 0.198 e. The quantitative estimate of drug-likeness (QED) is 0.942. The molecule has 21 heavy (non-hydrogen) atoms. The number of ether oxygens (including phenoxy) is 1. The third-order valence-corrected chi connectivity index (χ3v) is 3.75. The first kappa shape index (κ1) is 15.9. The lowest BCUT2D eigenvalue weighted by Crippen LogP contribution is -2.28. The molecule has 1 atom stereocenters. The lowest BCUT2D eigenvalue weighted by molar-refractivity contribution is 0.365. The van der Waals surface area contributed by atoms with E-state index < -0.39 is 0 Å². The van der Waals surface area contributed by atoms with Crippen LogP contribution in [0.4, 0.5) is 0 Å². The Kier molecular flexibility index (Phi) is 5.65. The monoisotopic (exact) mass is 308 g/mol. The molecule has 0 saturated carbocycles. The minimum absolute atomic E-state index is 0. The van der Waals surface area contributed by atoms with Gasteiger partial charge in [-0.2, -0.15) is 0 Å². The number of aromatic nitrogens is 1. The Morgan fingerprint density at radius 2 is 2.14 bits per heavy atom. The SMILES string of the molecule is COc1ccc(Cc2cnc(C3CCCNC3)o2)cc1.Cl. The molecule has 1 fully saturated rings. The fraction of sp³-hybridized carbons (Fsp3) is 0.438. The van der Waals surface area contributed by atoms with Gasteiger partial charge in [-0.25, -0.2) is 4.98 Å². The molecule has 0 spiro atoms. The minimum Gasteiger partial charge on any atom is -0.497 e. The summed E-state index contributed by atoms with van der Waals surface area (Å²) in [5, 5.41) is 3.39. The van der Waals surface area contributed by atoms with Crippen LogP contribution in [0.15, 0.2) is 34.9 Å². The van der Waals surface area contributed by atoms with E-state index in [2.05, 4.69) is 22.4 Å². The Hall–Kier alpha value is -1.52. The number of hydrogen-bond acceptors (Lipinski definition) is 4. The highest BCUT2D eigenvalue weighted by Gasteiger charge is 2.20. The van der Waals surface area contributed by atoms with Gasteiger partial charge in [-0.05, 0) is 37.1 Å². The Labute approximate surface area is 131 Å². The molecule has 2 aromatic rings. The van der Waals surface area contributed by atoms with E-state index in [1.807, 2.05) is 18.3 Å². The molecule has 0 amide bonds. The largest absolute Gasteiger partial charge is 0.497 e. The van der Waals surface area contributed by atoms with E-state index in [1.54, 1.807) is 7.11 Å². The van der Waals surface area contributed by atoms with Crippen LogP contribution in [0.25, 0.3) is 0 Å². The maximum absolute atomic E-state index is 5.90. The fourth-order valence-corrected chi connectivity index (χ4v) is 2.60. The van der Waals surface area contributed by atoms with Crippen molar-refractivity contribution in [2.24, 2.45) is 0 Å². The molecule has 1 aromatic carbocycles. The molecule has 114 valence electrons. The van der Waals surface area contributed by atoms with Crippen LogP contribution in [0.3, 0.4) is 0 Å². The van der Waals surface area contributed by atoms with Crippen molar-refractivity contribution < 1.29 is 9.15 Å². The first-order valence-corrected chi connectivity index (χ1v) is 7.13. The highest BCUT2D eigenvalue weighted by Crippen LogP contribution is 2.24. The van der Waals surface area contributed by atoms with Gasteiger partial charge < -0.3 is 14.5 Å². The first-order chi connectivity index (χ1) is 9.85. The normalized spacial score (nSPS) is 18.0. The van der Waals surface area contributed by atoms with E-state index in [4.69, 9.17) is 9.15 Å². The van der Waals surface area contributed by atoms with Gasteiger partial charge in [0.05, 0.1) is 13.3 Å². The zero-order valence-corrected chi connectivity index (χ0v) is 13.0. The van der Waals surface area contributed by atoms with Crippen molar-refractivity contribution in [3.05, 3.63) is 47.7 Å². The zero-order valence-electron chi connectivity index (χ0n) is 12.2. The summed E-state index contributed by atoms with van der Waals surface area (Å²) in [6.45, 7) is 2.08. The molecule has 0 bridgehead atoms. The summed E-state index contributed by atoms with van der Waals surface area (Å²) in [4.78, 5) is 4.44. The maximum atomic E-state index is 5.90. The van der Waals surface area contributed by atoms with Gasteiger partial charge in [0.1, 0.15) is 11.5 Å². The number of benzene rings is 1. The lowest BCUT2D eigenvalue weighted by Gasteiger charge is -2.19. The average Bonchev–Trinajstić information content (AvgIpc) is 2.97. The number of nitrogens with zero attached hydrogens (tertiary/aromatic N) is 1. The van der Waals surface area contributed by atoms with Gasteiger partial charge in [-0.15, -0.1) is 12.4 Å². The van der Waals surface area contributed by atoms with Crippen LogP contribution >= 0.6 is 12.4 Å². The smallest absolute Gasteiger partial charge is 0.198 e. The molecule has 1 aliphatic rings. The molecule has 2 heterocycles. The van der Waals surface area contributed by atoms with Gasteiger partial charge in [0, 0.05) is 18.9 Å². The van der Waals surface area contributed by atoms with Gasteiger partial charge in [0.25, 0.3) is 0 Å². The molecule has 3 rings (SSSR count). The summed E-state index contributed by atoms with van der Waals surface area (Å²) < 4.78 is 11.1. The second kappa shape index (κ2) is 7.48. The molecule has 0 aliphatic carbocycles. The standard InChI is InChI=1S/C16H20N2O2.ClH/c1-19-14-6-4-12(5-7-14)9-15-11-18-16(20-15)13-3-2-8-17-10-13;/h4-7,11,13,17H,2-3,8-10H2,1H3;1H. The summed E-state index contributed by atoms with van der Waals surface area (Å²) in [5.74, 6) is 3.10. The summed E-state index contributed by atoms with van der Waals surface area (Å²) in [6, 6.07) is 8.06. The second-order valence-electron chi connectivity index (χ2n) is 5.23. The number of halogens is 1. The fourth-order valence-electron chi connectivity index (χ4n) is 2.60. The summed E-state index contributed by atoms with van der Waals surface area (Å²) in [5.41, 5.74) is 1.20. The Morgan fingerprint density at radius 3 is 2.81 bits per heavy atom. The van der Waals surface area contributed by atoms with Crippen molar-refractivity contribution in [2.45, 2.75) is 25.2 Å². The molecule has 1 saturated heterocycles. The molecule has 0 radical (unpaired) electrons. The van der Waals surface area contributed by atoms with Gasteiger partial charge >= 0.3 is 0 Å². The molecule has 4 nitrogen and oxygen atoms in total. The molecule has 1 aliphatic heterocycles. The molecule has 1 aromatic heterocycles. The second-order valence-corrected chi connectivity index (χ2v) is 5.23. The van der Waals surface area contributed by atoms with E-state index in [0.717, 1.165) is 43.3 Å². The number of nitrogens with one attached hydrogen (secondary N) is 1. The number of hydrogen-bond donors (Lipinski definition) is 1. The van der Waals surface area contributed by atoms with Crippen molar-refractivity contribution >= 4 is 12.4 Å². The van der Waals surface area contributed by atoms with Crippen LogP contribution in [-0.2, 0) is 6.42 Å². The molecule has 5 heteroatoms. The number of piperidine rings is 1. The van der Waals surface area contributed by atoms with Crippen molar-refractivity contribution in [3.8, 4) is 5.75 Å². The number of methoxy groups -OCH3 is 1. The van der Waals surface area contributed by atoms with E-state index >= 15 is 0 Å². The highest BCUT2D eigenvalue weighted by molar-refractivity contribution is 5.85. The predicted molar refractivity (Wildman–Crippen MR) is 84.4 cm³/mol. The van der Waals surface area contributed by atoms with Crippen LogP contribution in [0, 0.1) is 0 Å². The van der Waals surface area contributed by atoms with E-state index in [9.17, 15) is 0 Å². The van der Waals surface area contributed by atoms with Crippen molar-refractivity contribution in [3.63, 3.8) is 0 Å². The van der Waals surface area contributed by atoms with Gasteiger partial charge in [-0.1, -0.05) is 12.1 Å². The summed E-state index contributed by atoms with van der Waals surface area (Å²) in [7, 11) is 1.68. The number of rotatable bonds is 4. The van der Waals surface area contributed by atoms with Gasteiger partial charge in [-0.3, -0.25) is 0 Å². The molecular weight excluding hydrogens is 288 g/mol. The van der Waals surface area contributed by atoms with Crippen LogP contribution in [0.5, 0.6) is 5.75 Å². The van der Waals surface area contributed by atoms with E-state index in [1.165, 1.54) is 12.0 Å². The highest BCUT2D eigenvalue weighted by atomic mass is 35.5. The topological polar surface area (TPSA) is 47.3 Å². The third kappa shape index (κ3) is 3.99. The third-order valence-electron chi connectivity index (χ3n) is 3.75. The average molecular weight is 309 g/mol. The van der Waals surface area contributed by atoms with E-state index in [-0.39, 0.29) is 12.4 Å². The van der Waals surface area contributed by atoms with Crippen molar-refractivity contribution in [2.75, 3.05) is 20.2 Å². The number of oxazole rings is 1. The summed E-state index contributed by atoms with van der Waals surface area (Å²) in [6.07, 6.45) is 4.99. The lowest BCUT2D eigenvalue weighted by atomic mass is 10.00. The predicted octanol–water partition coefficient (Wildman–Crippen LogP) is 3.16. The van der Waals surface area contributed by atoms with Crippen LogP contribution in [-0.4, -0.2) is 25.2 Å². The minimum atomic E-state index is 0. The van der Waals surface area contributed by atoms with Crippen LogP contribution in [0.2, 0.25) is 0 Å². The van der Waals surface area contributed by atoms with Crippen LogP contribution < -0.4 is 10.1 Å². The molecule has 1 unspecified atom stereocenters. The first-order valence-electron chi connectivity index (χ1n) is 7.13. The Morgan fingerprint density at radius 1 is 1.33 bits per heavy atom. The molecule has 1 N–H and O–H groups in total. The molecular formula is C16H21ClN2O2. The van der Waals surface area contributed by atoms with E-state index in [0.29, 0.717) is 5.92 Å². The zero-order chi connectivity index (χ0) is 13.8. The Balaban J connectivity index is 0.00000161. The van der Waals surface area contributed by atoms with Gasteiger partial charge in [0.15, 0.2) is 5.89 Å². The Bertz CT molecular complexity index is 548. The van der Waals surface area contributed by atoms with Crippen molar-refractivity contribution in [1.29, 1.82) is 0 Å². The van der Waals surface area contributed by atoms with Crippen LogP contribution in [0.1, 0.15) is 36.0 Å². The van der Waals surface area contributed by atoms with Gasteiger partial charge in [0.2, 0.25) is 0 Å². The summed E-state index contributed by atoms with van der Waals surface area (Å²) >= 11 is 0. The van der Waals surface area contributed by atoms with Crippen molar-refractivity contribution in [1.82, 2.24) is 10.3 Å².